The molecule has 0 radical (unpaired) electrons. The van der Waals surface area contributed by atoms with Gasteiger partial charge in [-0.15, -0.1) is 4.68 Å². The van der Waals surface area contributed by atoms with Crippen LogP contribution in [0, 0.1) is 0 Å². The Hall–Kier alpha value is -3.69. The highest BCUT2D eigenvalue weighted by Crippen LogP contribution is 2.43. The molecule has 7 nitrogen and oxygen atoms in total. The van der Waals surface area contributed by atoms with Crippen LogP contribution >= 0.6 is 31.9 Å². The molecule has 0 aliphatic rings. The van der Waals surface area contributed by atoms with Crippen molar-refractivity contribution in [2.75, 3.05) is 6.61 Å². The second-order valence-electron chi connectivity index (χ2n) is 8.12. The quantitative estimate of drug-likeness (QED) is 0.218. The third-order valence-corrected chi connectivity index (χ3v) is 7.95. The number of H-pyrrole nitrogens is 1. The Bertz CT molecular complexity index is 1770. The summed E-state index contributed by atoms with van der Waals surface area (Å²) in [7, 11) is 0. The normalized spacial score (nSPS) is 11.4. The summed E-state index contributed by atoms with van der Waals surface area (Å²) in [5.41, 5.74) is 0.955. The zero-order valence-electron chi connectivity index (χ0n) is 19.7. The second-order valence-corrected chi connectivity index (χ2v) is 9.70. The van der Waals surface area contributed by atoms with Crippen molar-refractivity contribution in [1.29, 1.82) is 0 Å². The van der Waals surface area contributed by atoms with E-state index >= 15 is 0 Å². The topological polar surface area (TPSA) is 85.7 Å². The molecule has 186 valence electrons. The predicted molar refractivity (Wildman–Crippen MR) is 153 cm³/mol. The monoisotopic (exact) mass is 621 g/mol. The van der Waals surface area contributed by atoms with Crippen LogP contribution in [0.5, 0.6) is 11.5 Å². The number of benzene rings is 4. The summed E-state index contributed by atoms with van der Waals surface area (Å²) in [5, 5.41) is 6.80. The first-order chi connectivity index (χ1) is 18.0. The average Bonchev–Trinajstić information content (AvgIpc) is 2.91. The summed E-state index contributed by atoms with van der Waals surface area (Å²) in [5.74, 6) is 1.03. The molecular formula is C28H21Br2N3O4. The van der Waals surface area contributed by atoms with E-state index in [1.54, 1.807) is 30.3 Å². The van der Waals surface area contributed by atoms with Gasteiger partial charge >= 0.3 is 5.69 Å². The maximum Gasteiger partial charge on any atom is 0.349 e. The molecule has 1 aromatic heterocycles. The Balaban J connectivity index is 1.50. The highest BCUT2D eigenvalue weighted by molar-refractivity contribution is 9.13. The van der Waals surface area contributed by atoms with Crippen molar-refractivity contribution >= 4 is 59.7 Å². The minimum atomic E-state index is -0.629. The Kier molecular flexibility index (Phi) is 7.25. The number of aromatic amines is 1. The van der Waals surface area contributed by atoms with Gasteiger partial charge in [-0.3, -0.25) is 4.79 Å². The molecule has 0 atom stereocenters. The molecule has 5 rings (SSSR count). The van der Waals surface area contributed by atoms with Crippen molar-refractivity contribution < 1.29 is 9.47 Å². The Labute approximate surface area is 228 Å². The Morgan fingerprint density at radius 1 is 0.919 bits per heavy atom. The molecule has 0 unspecified atom stereocenters. The molecule has 0 saturated heterocycles. The molecule has 5 aromatic rings. The van der Waals surface area contributed by atoms with Crippen LogP contribution in [-0.4, -0.2) is 22.5 Å². The highest BCUT2D eigenvalue weighted by Gasteiger charge is 2.18. The zero-order chi connectivity index (χ0) is 25.9. The minimum Gasteiger partial charge on any atom is -0.490 e. The SMILES string of the molecule is CCOc1cc(C=Nn2c(=O)[nH]c3ccccc3c2=O)c(Br)c(Br)c1OCc1cccc2ccccc12. The van der Waals surface area contributed by atoms with Crippen molar-refractivity contribution in [3.05, 3.63) is 114 Å². The maximum atomic E-state index is 12.8. The van der Waals surface area contributed by atoms with Gasteiger partial charge in [-0.05, 0) is 73.3 Å². The lowest BCUT2D eigenvalue weighted by Gasteiger charge is -2.17. The van der Waals surface area contributed by atoms with E-state index in [0.717, 1.165) is 21.0 Å². The van der Waals surface area contributed by atoms with E-state index in [0.29, 0.717) is 50.1 Å². The van der Waals surface area contributed by atoms with Gasteiger partial charge in [0.05, 0.1) is 28.2 Å². The van der Waals surface area contributed by atoms with E-state index in [-0.39, 0.29) is 0 Å². The van der Waals surface area contributed by atoms with Crippen molar-refractivity contribution in [3.63, 3.8) is 0 Å². The van der Waals surface area contributed by atoms with Gasteiger partial charge in [0.15, 0.2) is 11.5 Å². The number of para-hydroxylation sites is 1. The number of ether oxygens (including phenoxy) is 2. The third-order valence-electron chi connectivity index (χ3n) is 5.80. The summed E-state index contributed by atoms with van der Waals surface area (Å²) in [6, 6.07) is 22.8. The molecular weight excluding hydrogens is 602 g/mol. The van der Waals surface area contributed by atoms with E-state index in [4.69, 9.17) is 9.47 Å². The van der Waals surface area contributed by atoms with E-state index in [1.807, 2.05) is 31.2 Å². The Morgan fingerprint density at radius 2 is 1.65 bits per heavy atom. The number of nitrogens with one attached hydrogen (secondary N) is 1. The van der Waals surface area contributed by atoms with Crippen molar-refractivity contribution in [2.45, 2.75) is 13.5 Å². The number of fused-ring (bicyclic) bond motifs is 2. The molecule has 37 heavy (non-hydrogen) atoms. The Morgan fingerprint density at radius 3 is 2.46 bits per heavy atom. The van der Waals surface area contributed by atoms with Gasteiger partial charge in [-0.2, -0.15) is 5.10 Å². The number of rotatable bonds is 7. The van der Waals surface area contributed by atoms with Gasteiger partial charge in [-0.1, -0.05) is 54.6 Å². The van der Waals surface area contributed by atoms with E-state index in [9.17, 15) is 9.59 Å². The molecule has 9 heteroatoms. The van der Waals surface area contributed by atoms with Crippen LogP contribution in [0.25, 0.3) is 21.7 Å². The lowest BCUT2D eigenvalue weighted by molar-refractivity contribution is 0.268. The van der Waals surface area contributed by atoms with Crippen molar-refractivity contribution in [2.24, 2.45) is 5.10 Å². The second kappa shape index (κ2) is 10.7. The van der Waals surface area contributed by atoms with Crippen LogP contribution in [0.15, 0.2) is 96.4 Å². The zero-order valence-corrected chi connectivity index (χ0v) is 22.9. The van der Waals surface area contributed by atoms with Crippen molar-refractivity contribution in [3.8, 4) is 11.5 Å². The molecule has 1 N–H and O–H groups in total. The van der Waals surface area contributed by atoms with E-state index < -0.39 is 11.2 Å². The molecule has 0 aliphatic heterocycles. The summed E-state index contributed by atoms with van der Waals surface area (Å²) >= 11 is 7.20. The molecule has 0 spiro atoms. The average molecular weight is 623 g/mol. The molecule has 0 aliphatic carbocycles. The van der Waals surface area contributed by atoms with Crippen LogP contribution in [0.1, 0.15) is 18.1 Å². The number of halogens is 2. The van der Waals surface area contributed by atoms with Crippen LogP contribution in [0.3, 0.4) is 0 Å². The van der Waals surface area contributed by atoms with Gasteiger partial charge in [0.1, 0.15) is 6.61 Å². The largest absolute Gasteiger partial charge is 0.490 e. The smallest absolute Gasteiger partial charge is 0.349 e. The predicted octanol–water partition coefficient (Wildman–Crippen LogP) is 6.23. The van der Waals surface area contributed by atoms with Gasteiger partial charge < -0.3 is 14.5 Å². The van der Waals surface area contributed by atoms with Crippen molar-refractivity contribution in [1.82, 2.24) is 9.66 Å². The highest BCUT2D eigenvalue weighted by atomic mass is 79.9. The summed E-state index contributed by atoms with van der Waals surface area (Å²) < 4.78 is 14.2. The molecule has 0 bridgehead atoms. The van der Waals surface area contributed by atoms with Gasteiger partial charge in [0.25, 0.3) is 5.56 Å². The minimum absolute atomic E-state index is 0.335. The molecule has 1 heterocycles. The first-order valence-corrected chi connectivity index (χ1v) is 13.1. The number of aromatic nitrogens is 2. The van der Waals surface area contributed by atoms with Crippen LogP contribution in [-0.2, 0) is 6.61 Å². The maximum absolute atomic E-state index is 12.8. The third kappa shape index (κ3) is 4.97. The fraction of sp³-hybridized carbons (Fsp3) is 0.107. The molecule has 0 saturated carbocycles. The standard InChI is InChI=1S/C28H21Br2N3O4/c1-2-36-23-14-19(15-31-33-27(34)21-12-5-6-13-22(21)32-28(33)35)24(29)25(30)26(23)37-16-18-10-7-9-17-8-3-4-11-20(17)18/h3-15H,2,16H2,1H3,(H,32,35). The number of hydrogen-bond acceptors (Lipinski definition) is 5. The lowest BCUT2D eigenvalue weighted by atomic mass is 10.1. The summed E-state index contributed by atoms with van der Waals surface area (Å²) in [4.78, 5) is 28.0. The van der Waals surface area contributed by atoms with Crippen LogP contribution in [0.4, 0.5) is 0 Å². The summed E-state index contributed by atoms with van der Waals surface area (Å²) in [6.07, 6.45) is 1.43. The fourth-order valence-corrected chi connectivity index (χ4v) is 4.98. The fourth-order valence-electron chi connectivity index (χ4n) is 4.04. The first kappa shape index (κ1) is 25.0. The summed E-state index contributed by atoms with van der Waals surface area (Å²) in [6.45, 7) is 2.63. The lowest BCUT2D eigenvalue weighted by Crippen LogP contribution is -2.32. The number of nitrogens with zero attached hydrogens (tertiary/aromatic N) is 2. The van der Waals surface area contributed by atoms with Gasteiger partial charge in [0.2, 0.25) is 0 Å². The number of hydrogen-bond donors (Lipinski definition) is 1. The van der Waals surface area contributed by atoms with E-state index in [2.05, 4.69) is 60.1 Å². The van der Waals surface area contributed by atoms with Gasteiger partial charge in [-0.25, -0.2) is 4.79 Å². The van der Waals surface area contributed by atoms with Crippen LogP contribution in [0.2, 0.25) is 0 Å². The first-order valence-electron chi connectivity index (χ1n) is 11.5. The molecule has 0 amide bonds. The van der Waals surface area contributed by atoms with Crippen LogP contribution < -0.4 is 20.7 Å². The molecule has 0 fully saturated rings. The van der Waals surface area contributed by atoms with Gasteiger partial charge in [0, 0.05) is 10.0 Å². The van der Waals surface area contributed by atoms with E-state index in [1.165, 1.54) is 6.21 Å². The molecule has 4 aromatic carbocycles.